The van der Waals surface area contributed by atoms with Crippen LogP contribution in [0.5, 0.6) is 0 Å². The number of carbonyl (C=O) groups excluding carboxylic acids is 2. The normalized spacial score (nSPS) is 11.7. The van der Waals surface area contributed by atoms with E-state index in [2.05, 4.69) is 24.4 Å². The van der Waals surface area contributed by atoms with Crippen molar-refractivity contribution in [3.05, 3.63) is 70.7 Å². The molecular weight excluding hydrogens is 416 g/mol. The van der Waals surface area contributed by atoms with Crippen LogP contribution >= 0.6 is 23.4 Å². The highest BCUT2D eigenvalue weighted by molar-refractivity contribution is 7.98. The van der Waals surface area contributed by atoms with E-state index in [-0.39, 0.29) is 11.8 Å². The van der Waals surface area contributed by atoms with Crippen molar-refractivity contribution in [2.75, 3.05) is 12.3 Å². The van der Waals surface area contributed by atoms with Crippen LogP contribution in [0.2, 0.25) is 5.02 Å². The molecule has 0 aliphatic rings. The van der Waals surface area contributed by atoms with E-state index < -0.39 is 6.04 Å². The minimum absolute atomic E-state index is 0.0105. The SMILES string of the molecule is CCCCNC(=O)C(C)N(Cc1ccc(Cl)cc1)C(=O)CCSCc1ccccc1. The number of hydrogen-bond acceptors (Lipinski definition) is 3. The first-order chi connectivity index (χ1) is 14.5. The van der Waals surface area contributed by atoms with Crippen molar-refractivity contribution in [3.63, 3.8) is 0 Å². The van der Waals surface area contributed by atoms with Crippen LogP contribution in [0.15, 0.2) is 54.6 Å². The van der Waals surface area contributed by atoms with Gasteiger partial charge in [0.2, 0.25) is 11.8 Å². The molecule has 2 rings (SSSR count). The number of nitrogens with zero attached hydrogens (tertiary/aromatic N) is 1. The van der Waals surface area contributed by atoms with Gasteiger partial charge in [-0.15, -0.1) is 0 Å². The Morgan fingerprint density at radius 2 is 1.77 bits per heavy atom. The number of amides is 2. The maximum Gasteiger partial charge on any atom is 0.242 e. The Bertz CT molecular complexity index is 784. The Morgan fingerprint density at radius 3 is 2.43 bits per heavy atom. The van der Waals surface area contributed by atoms with Gasteiger partial charge in [0.1, 0.15) is 6.04 Å². The van der Waals surface area contributed by atoms with E-state index in [0.717, 1.165) is 29.9 Å². The van der Waals surface area contributed by atoms with Gasteiger partial charge in [-0.3, -0.25) is 9.59 Å². The number of thioether (sulfide) groups is 1. The molecule has 0 saturated carbocycles. The Balaban J connectivity index is 1.96. The molecular formula is C24H31ClN2O2S. The van der Waals surface area contributed by atoms with E-state index in [1.165, 1.54) is 5.56 Å². The van der Waals surface area contributed by atoms with Crippen LogP contribution in [0, 0.1) is 0 Å². The van der Waals surface area contributed by atoms with Gasteiger partial charge in [0, 0.05) is 36.0 Å². The third kappa shape index (κ3) is 8.41. The Morgan fingerprint density at radius 1 is 1.07 bits per heavy atom. The fourth-order valence-electron chi connectivity index (χ4n) is 2.97. The first-order valence-corrected chi connectivity index (χ1v) is 12.0. The molecule has 162 valence electrons. The Labute approximate surface area is 189 Å². The molecule has 0 aliphatic heterocycles. The second-order valence-electron chi connectivity index (χ2n) is 7.26. The van der Waals surface area contributed by atoms with E-state index in [0.29, 0.717) is 24.5 Å². The quantitative estimate of drug-likeness (QED) is 0.450. The van der Waals surface area contributed by atoms with Crippen LogP contribution in [0.25, 0.3) is 0 Å². The standard InChI is InChI=1S/C24H31ClN2O2S/c1-3-4-15-26-24(29)19(2)27(17-20-10-12-22(25)13-11-20)23(28)14-16-30-18-21-8-6-5-7-9-21/h5-13,19H,3-4,14-18H2,1-2H3,(H,26,29). The average Bonchev–Trinajstić information content (AvgIpc) is 2.76. The van der Waals surface area contributed by atoms with E-state index >= 15 is 0 Å². The second kappa shape index (κ2) is 13.3. The smallest absolute Gasteiger partial charge is 0.242 e. The number of rotatable bonds is 12. The zero-order chi connectivity index (χ0) is 21.8. The number of benzene rings is 2. The number of halogens is 1. The maximum absolute atomic E-state index is 13.0. The molecule has 2 aromatic carbocycles. The molecule has 2 amide bonds. The lowest BCUT2D eigenvalue weighted by molar-refractivity contribution is -0.140. The minimum Gasteiger partial charge on any atom is -0.354 e. The molecule has 1 N–H and O–H groups in total. The van der Waals surface area contributed by atoms with Gasteiger partial charge in [0.25, 0.3) is 0 Å². The molecule has 0 aromatic heterocycles. The summed E-state index contributed by atoms with van der Waals surface area (Å²) in [5.74, 6) is 1.47. The van der Waals surface area contributed by atoms with Gasteiger partial charge >= 0.3 is 0 Å². The zero-order valence-corrected chi connectivity index (χ0v) is 19.3. The van der Waals surface area contributed by atoms with Crippen LogP contribution in [0.1, 0.15) is 44.2 Å². The van der Waals surface area contributed by atoms with Crippen molar-refractivity contribution in [3.8, 4) is 0 Å². The molecule has 4 nitrogen and oxygen atoms in total. The molecule has 30 heavy (non-hydrogen) atoms. The maximum atomic E-state index is 13.0. The summed E-state index contributed by atoms with van der Waals surface area (Å²) in [5.41, 5.74) is 2.20. The molecule has 6 heteroatoms. The van der Waals surface area contributed by atoms with Crippen LogP contribution in [-0.2, 0) is 21.9 Å². The van der Waals surface area contributed by atoms with Crippen LogP contribution in [-0.4, -0.2) is 35.1 Å². The highest BCUT2D eigenvalue weighted by atomic mass is 35.5. The van der Waals surface area contributed by atoms with Gasteiger partial charge in [-0.1, -0.05) is 67.4 Å². The van der Waals surface area contributed by atoms with Gasteiger partial charge in [-0.25, -0.2) is 0 Å². The van der Waals surface area contributed by atoms with E-state index in [1.54, 1.807) is 35.7 Å². The molecule has 2 aromatic rings. The van der Waals surface area contributed by atoms with Crippen LogP contribution in [0.4, 0.5) is 0 Å². The summed E-state index contributed by atoms with van der Waals surface area (Å²) in [6.45, 7) is 4.91. The number of hydrogen-bond donors (Lipinski definition) is 1. The first kappa shape index (κ1) is 24.3. The van der Waals surface area contributed by atoms with Gasteiger partial charge < -0.3 is 10.2 Å². The van der Waals surface area contributed by atoms with E-state index in [1.807, 2.05) is 30.3 Å². The summed E-state index contributed by atoms with van der Waals surface area (Å²) in [6, 6.07) is 17.1. The van der Waals surface area contributed by atoms with Gasteiger partial charge in [-0.05, 0) is 36.6 Å². The zero-order valence-electron chi connectivity index (χ0n) is 17.8. The molecule has 0 saturated heterocycles. The van der Waals surface area contributed by atoms with Crippen LogP contribution in [0.3, 0.4) is 0 Å². The molecule has 0 fully saturated rings. The lowest BCUT2D eigenvalue weighted by atomic mass is 10.1. The summed E-state index contributed by atoms with van der Waals surface area (Å²) in [7, 11) is 0. The second-order valence-corrected chi connectivity index (χ2v) is 8.80. The van der Waals surface area contributed by atoms with E-state index in [9.17, 15) is 9.59 Å². The lowest BCUT2D eigenvalue weighted by Gasteiger charge is -2.29. The van der Waals surface area contributed by atoms with Crippen molar-refractivity contribution < 1.29 is 9.59 Å². The number of carbonyl (C=O) groups is 2. The number of unbranched alkanes of at least 4 members (excludes halogenated alkanes) is 1. The van der Waals surface area contributed by atoms with Gasteiger partial charge in [0.05, 0.1) is 0 Å². The predicted octanol–water partition coefficient (Wildman–Crippen LogP) is 5.30. The Hall–Kier alpha value is -1.98. The highest BCUT2D eigenvalue weighted by Crippen LogP contribution is 2.17. The fourth-order valence-corrected chi connectivity index (χ4v) is 3.99. The first-order valence-electron chi connectivity index (χ1n) is 10.4. The van der Waals surface area contributed by atoms with Crippen molar-refractivity contribution >= 4 is 35.2 Å². The summed E-state index contributed by atoms with van der Waals surface area (Å²) in [5, 5.41) is 3.60. The molecule has 0 heterocycles. The predicted molar refractivity (Wildman–Crippen MR) is 127 cm³/mol. The molecule has 1 unspecified atom stereocenters. The van der Waals surface area contributed by atoms with Crippen LogP contribution < -0.4 is 5.32 Å². The summed E-state index contributed by atoms with van der Waals surface area (Å²) < 4.78 is 0. The molecule has 0 spiro atoms. The van der Waals surface area contributed by atoms with Crippen molar-refractivity contribution in [1.82, 2.24) is 10.2 Å². The molecule has 0 bridgehead atoms. The average molecular weight is 447 g/mol. The van der Waals surface area contributed by atoms with Gasteiger partial charge in [0.15, 0.2) is 0 Å². The minimum atomic E-state index is -0.524. The summed E-state index contributed by atoms with van der Waals surface area (Å²) in [6.07, 6.45) is 2.35. The van der Waals surface area contributed by atoms with Crippen molar-refractivity contribution in [1.29, 1.82) is 0 Å². The summed E-state index contributed by atoms with van der Waals surface area (Å²) >= 11 is 7.71. The topological polar surface area (TPSA) is 49.4 Å². The molecule has 1 atom stereocenters. The Kier molecular flexibility index (Phi) is 10.8. The third-order valence-corrected chi connectivity index (χ3v) is 6.12. The summed E-state index contributed by atoms with van der Waals surface area (Å²) in [4.78, 5) is 27.3. The van der Waals surface area contributed by atoms with Crippen molar-refractivity contribution in [2.24, 2.45) is 0 Å². The molecule has 0 aliphatic carbocycles. The van der Waals surface area contributed by atoms with Gasteiger partial charge in [-0.2, -0.15) is 11.8 Å². The lowest BCUT2D eigenvalue weighted by Crippen LogP contribution is -2.47. The van der Waals surface area contributed by atoms with E-state index in [4.69, 9.17) is 11.6 Å². The largest absolute Gasteiger partial charge is 0.354 e. The third-order valence-electron chi connectivity index (χ3n) is 4.83. The fraction of sp³-hybridized carbons (Fsp3) is 0.417. The highest BCUT2D eigenvalue weighted by Gasteiger charge is 2.25. The number of nitrogens with one attached hydrogen (secondary N) is 1. The monoisotopic (exact) mass is 446 g/mol. The molecule has 0 radical (unpaired) electrons. The van der Waals surface area contributed by atoms with Crippen molar-refractivity contribution in [2.45, 2.75) is 51.4 Å².